The molecule has 7 heteroatoms. The van der Waals surface area contributed by atoms with Crippen molar-refractivity contribution >= 4 is 5.91 Å². The zero-order valence-corrected chi connectivity index (χ0v) is 11.9. The van der Waals surface area contributed by atoms with E-state index in [0.29, 0.717) is 12.4 Å². The first-order valence-electron chi connectivity index (χ1n) is 6.84. The van der Waals surface area contributed by atoms with Gasteiger partial charge >= 0.3 is 0 Å². The molecule has 3 heterocycles. The number of carbonyl (C=O) groups excluding carboxylic acids is 1. The number of rotatable bonds is 3. The van der Waals surface area contributed by atoms with Crippen LogP contribution in [-0.2, 0) is 18.4 Å². The zero-order chi connectivity index (χ0) is 14.3. The van der Waals surface area contributed by atoms with Crippen molar-refractivity contribution in [2.75, 3.05) is 6.54 Å². The van der Waals surface area contributed by atoms with Crippen LogP contribution in [0.5, 0.6) is 0 Å². The highest BCUT2D eigenvalue weighted by molar-refractivity contribution is 5.81. The van der Waals surface area contributed by atoms with Crippen LogP contribution in [-0.4, -0.2) is 41.9 Å². The van der Waals surface area contributed by atoms with Gasteiger partial charge in [-0.2, -0.15) is 5.10 Å². The molecule has 0 N–H and O–H groups in total. The Hall–Kier alpha value is -2.18. The number of fused-ring (bicyclic) bond motifs is 1. The molecule has 1 aliphatic rings. The fourth-order valence-corrected chi connectivity index (χ4v) is 2.63. The lowest BCUT2D eigenvalue weighted by atomic mass is 10.2. The quantitative estimate of drug-likeness (QED) is 0.837. The fraction of sp³-hybridized carbons (Fsp3) is 0.538. The lowest BCUT2D eigenvalue weighted by Crippen LogP contribution is -2.42. The Bertz CT molecular complexity index is 643. The van der Waals surface area contributed by atoms with Crippen LogP contribution in [0.2, 0.25) is 0 Å². The van der Waals surface area contributed by atoms with E-state index in [9.17, 15) is 4.79 Å². The fourth-order valence-electron chi connectivity index (χ4n) is 2.63. The van der Waals surface area contributed by atoms with Crippen molar-refractivity contribution in [3.63, 3.8) is 0 Å². The summed E-state index contributed by atoms with van der Waals surface area (Å²) in [5, 5.41) is 12.8. The summed E-state index contributed by atoms with van der Waals surface area (Å²) in [7, 11) is 1.86. The molecule has 0 aliphatic carbocycles. The monoisotopic (exact) mass is 274 g/mol. The highest BCUT2D eigenvalue weighted by Gasteiger charge is 2.33. The van der Waals surface area contributed by atoms with Crippen molar-refractivity contribution in [1.29, 1.82) is 0 Å². The molecular weight excluding hydrogens is 256 g/mol. The summed E-state index contributed by atoms with van der Waals surface area (Å²) in [5.41, 5.74) is 0.745. The van der Waals surface area contributed by atoms with Gasteiger partial charge in [0.05, 0.1) is 6.54 Å². The molecular formula is C13H18N6O. The zero-order valence-electron chi connectivity index (χ0n) is 11.9. The molecule has 0 aromatic carbocycles. The van der Waals surface area contributed by atoms with Crippen molar-refractivity contribution in [1.82, 2.24) is 29.4 Å². The van der Waals surface area contributed by atoms with Crippen molar-refractivity contribution in [2.24, 2.45) is 7.05 Å². The number of hydrogen-bond acceptors (Lipinski definition) is 4. The van der Waals surface area contributed by atoms with Gasteiger partial charge in [0, 0.05) is 19.8 Å². The van der Waals surface area contributed by atoms with Crippen LogP contribution in [0.1, 0.15) is 32.1 Å². The second-order valence-electron chi connectivity index (χ2n) is 5.12. The maximum Gasteiger partial charge on any atom is 0.245 e. The first-order chi connectivity index (χ1) is 9.61. The summed E-state index contributed by atoms with van der Waals surface area (Å²) in [6.07, 6.45) is 2.80. The van der Waals surface area contributed by atoms with Crippen LogP contribution in [0.3, 0.4) is 0 Å². The topological polar surface area (TPSA) is 68.8 Å². The van der Waals surface area contributed by atoms with Gasteiger partial charge < -0.3 is 4.90 Å². The molecule has 3 rings (SSSR count). The van der Waals surface area contributed by atoms with Crippen LogP contribution in [0.25, 0.3) is 11.5 Å². The third-order valence-electron chi connectivity index (χ3n) is 3.59. The van der Waals surface area contributed by atoms with Gasteiger partial charge in [0.2, 0.25) is 5.91 Å². The van der Waals surface area contributed by atoms with Crippen LogP contribution in [0.4, 0.5) is 0 Å². The van der Waals surface area contributed by atoms with E-state index in [0.717, 1.165) is 24.5 Å². The van der Waals surface area contributed by atoms with E-state index in [1.54, 1.807) is 4.68 Å². The average Bonchev–Trinajstić information content (AvgIpc) is 3.02. The molecule has 0 saturated heterocycles. The van der Waals surface area contributed by atoms with E-state index in [4.69, 9.17) is 0 Å². The number of nitrogens with zero attached hydrogens (tertiary/aromatic N) is 6. The van der Waals surface area contributed by atoms with Crippen molar-refractivity contribution in [2.45, 2.75) is 32.9 Å². The van der Waals surface area contributed by atoms with E-state index in [1.165, 1.54) is 0 Å². The number of carbonyl (C=O) groups is 1. The largest absolute Gasteiger partial charge is 0.333 e. The Morgan fingerprint density at radius 3 is 2.85 bits per heavy atom. The SMILES string of the molecule is CCCN1Cc2nnc(-c3ccn(C)n3)n2[C@@H](C)C1=O. The minimum atomic E-state index is -0.280. The van der Waals surface area contributed by atoms with Crippen LogP contribution in [0, 0.1) is 0 Å². The minimum Gasteiger partial charge on any atom is -0.333 e. The van der Waals surface area contributed by atoms with Gasteiger partial charge in [0.1, 0.15) is 11.7 Å². The molecule has 2 aromatic rings. The Morgan fingerprint density at radius 1 is 1.40 bits per heavy atom. The molecule has 0 bridgehead atoms. The third kappa shape index (κ3) is 1.90. The molecule has 1 atom stereocenters. The van der Waals surface area contributed by atoms with Gasteiger partial charge in [-0.1, -0.05) is 6.92 Å². The molecule has 0 fully saturated rings. The number of hydrogen-bond donors (Lipinski definition) is 0. The molecule has 2 aromatic heterocycles. The molecule has 1 aliphatic heterocycles. The van der Waals surface area contributed by atoms with Gasteiger partial charge in [0.15, 0.2) is 11.6 Å². The highest BCUT2D eigenvalue weighted by atomic mass is 16.2. The van der Waals surface area contributed by atoms with E-state index >= 15 is 0 Å². The Kier molecular flexibility index (Phi) is 3.04. The molecule has 0 saturated carbocycles. The predicted molar refractivity (Wildman–Crippen MR) is 72.6 cm³/mol. The minimum absolute atomic E-state index is 0.122. The number of amides is 1. The summed E-state index contributed by atoms with van der Waals surface area (Å²) >= 11 is 0. The molecule has 7 nitrogen and oxygen atoms in total. The lowest BCUT2D eigenvalue weighted by Gasteiger charge is -2.31. The molecule has 0 spiro atoms. The van der Waals surface area contributed by atoms with Gasteiger partial charge in [-0.05, 0) is 19.4 Å². The van der Waals surface area contributed by atoms with Gasteiger partial charge in [-0.25, -0.2) is 0 Å². The van der Waals surface area contributed by atoms with E-state index < -0.39 is 0 Å². The first-order valence-corrected chi connectivity index (χ1v) is 6.84. The average molecular weight is 274 g/mol. The summed E-state index contributed by atoms with van der Waals surface area (Å²) < 4.78 is 3.62. The molecule has 20 heavy (non-hydrogen) atoms. The molecule has 0 radical (unpaired) electrons. The van der Waals surface area contributed by atoms with Gasteiger partial charge in [-0.15, -0.1) is 10.2 Å². The summed E-state index contributed by atoms with van der Waals surface area (Å²) in [6, 6.07) is 1.60. The normalized spacial score (nSPS) is 18.4. The van der Waals surface area contributed by atoms with Gasteiger partial charge in [-0.3, -0.25) is 14.0 Å². The third-order valence-corrected chi connectivity index (χ3v) is 3.59. The second kappa shape index (κ2) is 4.73. The van der Waals surface area contributed by atoms with Crippen LogP contribution < -0.4 is 0 Å². The van der Waals surface area contributed by atoms with E-state index in [1.807, 2.05) is 35.7 Å². The number of aromatic nitrogens is 5. The summed E-state index contributed by atoms with van der Waals surface area (Å²) in [5.74, 6) is 1.61. The van der Waals surface area contributed by atoms with Gasteiger partial charge in [0.25, 0.3) is 0 Å². The Labute approximate surface area is 117 Å². The maximum absolute atomic E-state index is 12.4. The van der Waals surface area contributed by atoms with E-state index in [-0.39, 0.29) is 11.9 Å². The molecule has 0 unspecified atom stereocenters. The highest BCUT2D eigenvalue weighted by Crippen LogP contribution is 2.27. The number of aryl methyl sites for hydroxylation is 1. The van der Waals surface area contributed by atoms with Crippen LogP contribution >= 0.6 is 0 Å². The Balaban J connectivity index is 2.02. The van der Waals surface area contributed by atoms with Crippen LogP contribution in [0.15, 0.2) is 12.3 Å². The lowest BCUT2D eigenvalue weighted by molar-refractivity contribution is -0.136. The standard InChI is InChI=1S/C13H18N6O/c1-4-6-18-8-11-14-15-12(10-5-7-17(3)16-10)19(11)9(2)13(18)20/h5,7,9H,4,6,8H2,1-3H3/t9-/m0/s1. The van der Waals surface area contributed by atoms with Crippen molar-refractivity contribution < 1.29 is 4.79 Å². The van der Waals surface area contributed by atoms with E-state index in [2.05, 4.69) is 22.2 Å². The first kappa shape index (κ1) is 12.8. The van der Waals surface area contributed by atoms with Crippen molar-refractivity contribution in [3.05, 3.63) is 18.1 Å². The second-order valence-corrected chi connectivity index (χ2v) is 5.12. The smallest absolute Gasteiger partial charge is 0.245 e. The summed E-state index contributed by atoms with van der Waals surface area (Å²) in [6.45, 7) is 5.24. The predicted octanol–water partition coefficient (Wildman–Crippen LogP) is 0.992. The maximum atomic E-state index is 12.4. The Morgan fingerprint density at radius 2 is 2.20 bits per heavy atom. The molecule has 1 amide bonds. The van der Waals surface area contributed by atoms with Crippen molar-refractivity contribution in [3.8, 4) is 11.5 Å². The molecule has 106 valence electrons. The summed E-state index contributed by atoms with van der Waals surface area (Å²) in [4.78, 5) is 14.2.